The van der Waals surface area contributed by atoms with Gasteiger partial charge in [-0.1, -0.05) is 66.7 Å². The minimum atomic E-state index is -1.12. The molecule has 6 heteroatoms. The maximum Gasteiger partial charge on any atom is 0.307 e. The van der Waals surface area contributed by atoms with E-state index < -0.39 is 23.8 Å². The van der Waals surface area contributed by atoms with Crippen LogP contribution in [0.3, 0.4) is 0 Å². The van der Waals surface area contributed by atoms with Crippen LogP contribution in [0, 0.1) is 5.82 Å². The molecule has 158 valence electrons. The van der Waals surface area contributed by atoms with Crippen LogP contribution in [0.4, 0.5) is 10.1 Å². The zero-order valence-electron chi connectivity index (χ0n) is 17.0. The summed E-state index contributed by atoms with van der Waals surface area (Å²) in [5, 5.41) is 2.37. The van der Waals surface area contributed by atoms with Gasteiger partial charge in [0.2, 0.25) is 0 Å². The quantitative estimate of drug-likeness (QED) is 0.411. The minimum Gasteiger partial charge on any atom is -0.453 e. The summed E-state index contributed by atoms with van der Waals surface area (Å²) in [6.45, 7) is 1.39. The molecular weight excluding hydrogens is 397 g/mol. The lowest BCUT2D eigenvalue weighted by atomic mass is 10.0. The Morgan fingerprint density at radius 1 is 0.839 bits per heavy atom. The van der Waals surface area contributed by atoms with E-state index >= 15 is 0 Å². The maximum atomic E-state index is 13.6. The zero-order valence-corrected chi connectivity index (χ0v) is 17.0. The van der Waals surface area contributed by atoms with E-state index in [0.29, 0.717) is 5.56 Å². The third kappa shape index (κ3) is 6.09. The van der Waals surface area contributed by atoms with Gasteiger partial charge in [-0.2, -0.15) is 0 Å². The summed E-state index contributed by atoms with van der Waals surface area (Å²) in [7, 11) is 0. The Bertz CT molecular complexity index is 1060. The van der Waals surface area contributed by atoms with Crippen molar-refractivity contribution in [3.8, 4) is 11.1 Å². The van der Waals surface area contributed by atoms with Crippen LogP contribution >= 0.6 is 0 Å². The van der Waals surface area contributed by atoms with Crippen LogP contribution in [0.15, 0.2) is 78.9 Å². The number of nitrogens with one attached hydrogen (secondary N) is 1. The third-order valence-electron chi connectivity index (χ3n) is 4.68. The van der Waals surface area contributed by atoms with Gasteiger partial charge < -0.3 is 10.1 Å². The third-order valence-corrected chi connectivity index (χ3v) is 4.68. The number of para-hydroxylation sites is 1. The van der Waals surface area contributed by atoms with Gasteiger partial charge in [0.25, 0.3) is 5.91 Å². The summed E-state index contributed by atoms with van der Waals surface area (Å²) < 4.78 is 18.7. The summed E-state index contributed by atoms with van der Waals surface area (Å²) in [4.78, 5) is 36.5. The first-order valence-electron chi connectivity index (χ1n) is 9.87. The fourth-order valence-electron chi connectivity index (χ4n) is 2.95. The average molecular weight is 419 g/mol. The summed E-state index contributed by atoms with van der Waals surface area (Å²) in [6, 6.07) is 22.6. The molecule has 0 aliphatic rings. The number of ether oxygens (including phenoxy) is 1. The lowest BCUT2D eigenvalue weighted by Crippen LogP contribution is -2.30. The molecule has 0 unspecified atom stereocenters. The van der Waals surface area contributed by atoms with Gasteiger partial charge in [-0.3, -0.25) is 14.4 Å². The van der Waals surface area contributed by atoms with E-state index in [1.807, 2.05) is 42.5 Å². The van der Waals surface area contributed by atoms with Gasteiger partial charge in [0, 0.05) is 12.0 Å². The maximum absolute atomic E-state index is 13.6. The Morgan fingerprint density at radius 3 is 2.13 bits per heavy atom. The van der Waals surface area contributed by atoms with Crippen LogP contribution in [-0.4, -0.2) is 23.8 Å². The number of amides is 1. The number of benzene rings is 3. The molecule has 1 N–H and O–H groups in total. The number of hydrogen-bond acceptors (Lipinski definition) is 4. The van der Waals surface area contributed by atoms with Crippen molar-refractivity contribution in [3.63, 3.8) is 0 Å². The van der Waals surface area contributed by atoms with E-state index in [4.69, 9.17) is 4.74 Å². The Kier molecular flexibility index (Phi) is 7.27. The molecule has 1 amide bonds. The van der Waals surface area contributed by atoms with Crippen molar-refractivity contribution in [2.75, 3.05) is 5.32 Å². The van der Waals surface area contributed by atoms with Crippen LogP contribution in [-0.2, 0) is 14.3 Å². The second kappa shape index (κ2) is 10.3. The van der Waals surface area contributed by atoms with Crippen LogP contribution in [0.25, 0.3) is 11.1 Å². The number of ketones is 1. The molecule has 3 aromatic rings. The molecule has 31 heavy (non-hydrogen) atoms. The molecule has 0 radical (unpaired) electrons. The first kappa shape index (κ1) is 21.9. The van der Waals surface area contributed by atoms with Gasteiger partial charge >= 0.3 is 5.97 Å². The number of rotatable bonds is 8. The Labute approximate surface area is 179 Å². The van der Waals surface area contributed by atoms with E-state index in [-0.39, 0.29) is 24.3 Å². The lowest BCUT2D eigenvalue weighted by Gasteiger charge is -2.13. The summed E-state index contributed by atoms with van der Waals surface area (Å²) in [5.74, 6) is -2.11. The molecule has 0 aromatic heterocycles. The molecule has 0 saturated heterocycles. The number of anilines is 1. The average Bonchev–Trinajstić information content (AvgIpc) is 2.79. The van der Waals surface area contributed by atoms with Crippen molar-refractivity contribution >= 4 is 23.3 Å². The number of esters is 1. The molecule has 0 saturated carbocycles. The van der Waals surface area contributed by atoms with Crippen molar-refractivity contribution in [1.29, 1.82) is 0 Å². The SMILES string of the molecule is C[C@@H](OC(=O)CCC(=O)c1ccc(-c2ccccc2)cc1)C(=O)Nc1ccccc1F. The first-order valence-corrected chi connectivity index (χ1v) is 9.87. The van der Waals surface area contributed by atoms with Gasteiger partial charge in [-0.25, -0.2) is 4.39 Å². The highest BCUT2D eigenvalue weighted by atomic mass is 19.1. The molecule has 0 heterocycles. The molecule has 0 aliphatic heterocycles. The number of Topliss-reactive ketones (excluding diaryl/α,β-unsaturated/α-hetero) is 1. The van der Waals surface area contributed by atoms with Crippen LogP contribution in [0.1, 0.15) is 30.1 Å². The van der Waals surface area contributed by atoms with Gasteiger partial charge in [-0.05, 0) is 30.2 Å². The standard InChI is InChI=1S/C25H22FNO4/c1-17(25(30)27-22-10-6-5-9-21(22)26)31-24(29)16-15-23(28)20-13-11-19(12-14-20)18-7-3-2-4-8-18/h2-14,17H,15-16H2,1H3,(H,27,30)/t17-/m1/s1. The largest absolute Gasteiger partial charge is 0.453 e. The molecular formula is C25H22FNO4. The Morgan fingerprint density at radius 2 is 1.45 bits per heavy atom. The topological polar surface area (TPSA) is 72.5 Å². The number of halogens is 1. The van der Waals surface area contributed by atoms with Crippen molar-refractivity contribution in [2.45, 2.75) is 25.9 Å². The van der Waals surface area contributed by atoms with Crippen molar-refractivity contribution in [2.24, 2.45) is 0 Å². The van der Waals surface area contributed by atoms with Gasteiger partial charge in [-0.15, -0.1) is 0 Å². The summed E-state index contributed by atoms with van der Waals surface area (Å²) in [6.07, 6.45) is -1.31. The van der Waals surface area contributed by atoms with Crippen LogP contribution < -0.4 is 5.32 Å². The van der Waals surface area contributed by atoms with Gasteiger partial charge in [0.15, 0.2) is 11.9 Å². The highest BCUT2D eigenvalue weighted by Crippen LogP contribution is 2.20. The molecule has 0 aliphatic carbocycles. The second-order valence-corrected chi connectivity index (χ2v) is 6.97. The highest BCUT2D eigenvalue weighted by molar-refractivity contribution is 5.98. The first-order chi connectivity index (χ1) is 14.9. The van der Waals surface area contributed by atoms with E-state index in [1.165, 1.54) is 25.1 Å². The minimum absolute atomic E-state index is 0.00419. The van der Waals surface area contributed by atoms with Crippen molar-refractivity contribution in [1.82, 2.24) is 0 Å². The fourth-order valence-corrected chi connectivity index (χ4v) is 2.95. The van der Waals surface area contributed by atoms with Crippen molar-refractivity contribution in [3.05, 3.63) is 90.2 Å². The molecule has 5 nitrogen and oxygen atoms in total. The molecule has 0 bridgehead atoms. The summed E-state index contributed by atoms with van der Waals surface area (Å²) in [5.41, 5.74) is 2.54. The smallest absolute Gasteiger partial charge is 0.307 e. The Balaban J connectivity index is 1.48. The monoisotopic (exact) mass is 419 g/mol. The van der Waals surface area contributed by atoms with E-state index in [0.717, 1.165) is 11.1 Å². The van der Waals surface area contributed by atoms with Crippen molar-refractivity contribution < 1.29 is 23.5 Å². The van der Waals surface area contributed by atoms with E-state index in [9.17, 15) is 18.8 Å². The highest BCUT2D eigenvalue weighted by Gasteiger charge is 2.20. The summed E-state index contributed by atoms with van der Waals surface area (Å²) >= 11 is 0. The molecule has 3 aromatic carbocycles. The molecule has 0 spiro atoms. The molecule has 3 rings (SSSR count). The number of hydrogen-bond donors (Lipinski definition) is 1. The van der Waals surface area contributed by atoms with Crippen LogP contribution in [0.2, 0.25) is 0 Å². The number of carbonyl (C=O) groups excluding carboxylic acids is 3. The van der Waals surface area contributed by atoms with Gasteiger partial charge in [0.05, 0.1) is 12.1 Å². The lowest BCUT2D eigenvalue weighted by molar-refractivity contribution is -0.153. The Hall–Kier alpha value is -3.80. The predicted molar refractivity (Wildman–Crippen MR) is 116 cm³/mol. The molecule has 0 fully saturated rings. The van der Waals surface area contributed by atoms with E-state index in [1.54, 1.807) is 18.2 Å². The predicted octanol–water partition coefficient (Wildman–Crippen LogP) is 5.03. The zero-order chi connectivity index (χ0) is 22.2. The van der Waals surface area contributed by atoms with Gasteiger partial charge in [0.1, 0.15) is 5.82 Å². The normalized spacial score (nSPS) is 11.4. The van der Waals surface area contributed by atoms with E-state index in [2.05, 4.69) is 5.32 Å². The number of carbonyl (C=O) groups is 3. The second-order valence-electron chi connectivity index (χ2n) is 6.97. The fraction of sp³-hybridized carbons (Fsp3) is 0.160. The molecule has 1 atom stereocenters. The van der Waals surface area contributed by atoms with Crippen LogP contribution in [0.5, 0.6) is 0 Å².